The molecule has 0 aliphatic carbocycles. The molecule has 2 N–H and O–H groups in total. The Labute approximate surface area is 175 Å². The van der Waals surface area contributed by atoms with E-state index in [0.717, 1.165) is 24.3 Å². The number of amides is 1. The number of sulfone groups is 1. The third-order valence-corrected chi connectivity index (χ3v) is 8.19. The molecule has 1 atom stereocenters. The Morgan fingerprint density at radius 3 is 2.55 bits per heavy atom. The van der Waals surface area contributed by atoms with Crippen molar-refractivity contribution in [2.75, 3.05) is 49.3 Å². The van der Waals surface area contributed by atoms with Crippen molar-refractivity contribution >= 4 is 27.5 Å². The van der Waals surface area contributed by atoms with Gasteiger partial charge in [-0.25, -0.2) is 18.1 Å². The number of carbonyl (C=O) groups is 1. The molecule has 3 heterocycles. The molecule has 2 aromatic rings. The minimum absolute atomic E-state index is 0.0537. The highest BCUT2D eigenvalue weighted by atomic mass is 32.2. The maximum absolute atomic E-state index is 12.6. The third-order valence-electron chi connectivity index (χ3n) is 5.48. The molecular weight excluding hydrogens is 410 g/mol. The summed E-state index contributed by atoms with van der Waals surface area (Å²) >= 11 is 1.33. The lowest BCUT2D eigenvalue weighted by Crippen LogP contribution is -2.52. The Hall–Kier alpha value is -2.04. The van der Waals surface area contributed by atoms with Crippen LogP contribution in [0.5, 0.6) is 0 Å². The number of imidazole rings is 1. The summed E-state index contributed by atoms with van der Waals surface area (Å²) in [5, 5.41) is 0.604. The van der Waals surface area contributed by atoms with Crippen LogP contribution in [0.3, 0.4) is 0 Å². The number of hydrogen-bond donors (Lipinski definition) is 1. The quantitative estimate of drug-likeness (QED) is 0.544. The van der Waals surface area contributed by atoms with Crippen molar-refractivity contribution in [2.24, 2.45) is 0 Å². The number of benzene rings is 1. The van der Waals surface area contributed by atoms with Crippen LogP contribution in [0.4, 0.5) is 0 Å². The molecule has 1 aromatic carbocycles. The molecule has 0 unspecified atom stereocenters. The molecule has 0 saturated carbocycles. The van der Waals surface area contributed by atoms with Gasteiger partial charge in [0.05, 0.1) is 29.1 Å². The monoisotopic (exact) mass is 435 g/mol. The molecule has 1 aromatic heterocycles. The first-order valence-electron chi connectivity index (χ1n) is 9.66. The Bertz CT molecular complexity index is 969. The Kier molecular flexibility index (Phi) is 5.84. The third kappa shape index (κ3) is 4.76. The molecule has 4 rings (SSSR count). The molecule has 2 aliphatic heterocycles. The predicted molar refractivity (Wildman–Crippen MR) is 114 cm³/mol. The van der Waals surface area contributed by atoms with E-state index >= 15 is 0 Å². The molecule has 1 amide bonds. The van der Waals surface area contributed by atoms with Crippen LogP contribution >= 0.6 is 11.8 Å². The number of nitrogens with two attached hydrogens (primary N) is 1. The summed E-state index contributed by atoms with van der Waals surface area (Å²) in [7, 11) is -2.88. The molecule has 0 radical (unpaired) electrons. The van der Waals surface area contributed by atoms with E-state index in [-0.39, 0.29) is 29.2 Å². The van der Waals surface area contributed by atoms with Crippen LogP contribution in [0.15, 0.2) is 41.7 Å². The number of rotatable bonds is 5. The fraction of sp³-hybridized carbons (Fsp3) is 0.474. The zero-order valence-corrected chi connectivity index (χ0v) is 17.7. The summed E-state index contributed by atoms with van der Waals surface area (Å²) in [6, 6.07) is 9.88. The summed E-state index contributed by atoms with van der Waals surface area (Å²) in [4.78, 5) is 21.2. The largest absolute Gasteiger partial charge is 0.339 e. The van der Waals surface area contributed by atoms with Crippen LogP contribution in [-0.2, 0) is 14.6 Å². The van der Waals surface area contributed by atoms with Crippen molar-refractivity contribution in [3.05, 3.63) is 36.5 Å². The molecule has 2 saturated heterocycles. The van der Waals surface area contributed by atoms with Gasteiger partial charge in [0.2, 0.25) is 5.91 Å². The fourth-order valence-electron chi connectivity index (χ4n) is 3.85. The SMILES string of the molecule is Nn1cc(-c2ccccc2)nc1SCC(=O)N1CCN([C@@H]2CCS(=O)(=O)C2)CC1. The Morgan fingerprint density at radius 1 is 1.17 bits per heavy atom. The van der Waals surface area contributed by atoms with Crippen LogP contribution in [0, 0.1) is 0 Å². The minimum Gasteiger partial charge on any atom is -0.339 e. The van der Waals surface area contributed by atoms with Gasteiger partial charge in [-0.05, 0) is 6.42 Å². The first-order valence-corrected chi connectivity index (χ1v) is 12.5. The lowest BCUT2D eigenvalue weighted by Gasteiger charge is -2.37. The van der Waals surface area contributed by atoms with Gasteiger partial charge < -0.3 is 10.7 Å². The van der Waals surface area contributed by atoms with Gasteiger partial charge in [-0.1, -0.05) is 42.1 Å². The van der Waals surface area contributed by atoms with E-state index in [4.69, 9.17) is 5.84 Å². The summed E-state index contributed by atoms with van der Waals surface area (Å²) in [5.74, 6) is 6.87. The molecule has 156 valence electrons. The number of carbonyl (C=O) groups excluding carboxylic acids is 1. The topological polar surface area (TPSA) is 102 Å². The van der Waals surface area contributed by atoms with E-state index in [0.29, 0.717) is 24.7 Å². The molecule has 10 heteroatoms. The lowest BCUT2D eigenvalue weighted by molar-refractivity contribution is -0.130. The number of thioether (sulfide) groups is 1. The minimum atomic E-state index is -2.88. The van der Waals surface area contributed by atoms with Crippen molar-refractivity contribution in [1.29, 1.82) is 0 Å². The van der Waals surface area contributed by atoms with E-state index < -0.39 is 9.84 Å². The molecular formula is C19H25N5O3S2. The van der Waals surface area contributed by atoms with Crippen molar-refractivity contribution in [2.45, 2.75) is 17.6 Å². The molecule has 29 heavy (non-hydrogen) atoms. The maximum Gasteiger partial charge on any atom is 0.233 e. The van der Waals surface area contributed by atoms with Gasteiger partial charge in [0.1, 0.15) is 0 Å². The second-order valence-corrected chi connectivity index (χ2v) is 10.6. The van der Waals surface area contributed by atoms with Crippen LogP contribution in [-0.4, -0.2) is 83.3 Å². The summed E-state index contributed by atoms with van der Waals surface area (Å²) < 4.78 is 24.8. The number of nitrogen functional groups attached to an aromatic ring is 1. The van der Waals surface area contributed by atoms with E-state index in [1.54, 1.807) is 6.20 Å². The molecule has 8 nitrogen and oxygen atoms in total. The summed E-state index contributed by atoms with van der Waals surface area (Å²) in [5.41, 5.74) is 1.76. The average molecular weight is 436 g/mol. The van der Waals surface area contributed by atoms with Crippen LogP contribution in [0.25, 0.3) is 11.3 Å². The standard InChI is InChI=1S/C19H25N5O3S2/c20-24-12-17(15-4-2-1-3-5-15)21-19(24)28-13-18(25)23-9-7-22(8-10-23)16-6-11-29(26,27)14-16/h1-5,12,16H,6-11,13-14,20H2/t16-/m1/s1. The van der Waals surface area contributed by atoms with Gasteiger partial charge in [-0.3, -0.25) is 9.69 Å². The highest BCUT2D eigenvalue weighted by molar-refractivity contribution is 7.99. The summed E-state index contributed by atoms with van der Waals surface area (Å²) in [6.07, 6.45) is 2.46. The van der Waals surface area contributed by atoms with Crippen LogP contribution in [0.2, 0.25) is 0 Å². The molecule has 0 spiro atoms. The van der Waals surface area contributed by atoms with E-state index in [9.17, 15) is 13.2 Å². The van der Waals surface area contributed by atoms with Crippen LogP contribution < -0.4 is 5.84 Å². The van der Waals surface area contributed by atoms with Crippen molar-refractivity contribution in [1.82, 2.24) is 19.5 Å². The zero-order chi connectivity index (χ0) is 20.4. The smallest absolute Gasteiger partial charge is 0.233 e. The van der Waals surface area contributed by atoms with Crippen molar-refractivity contribution in [3.8, 4) is 11.3 Å². The van der Waals surface area contributed by atoms with E-state index in [2.05, 4.69) is 9.88 Å². The Morgan fingerprint density at radius 2 is 1.90 bits per heavy atom. The number of hydrogen-bond acceptors (Lipinski definition) is 7. The van der Waals surface area contributed by atoms with E-state index in [1.807, 2.05) is 35.2 Å². The lowest BCUT2D eigenvalue weighted by atomic mass is 10.2. The van der Waals surface area contributed by atoms with Gasteiger partial charge in [-0.15, -0.1) is 0 Å². The average Bonchev–Trinajstić information content (AvgIpc) is 3.29. The van der Waals surface area contributed by atoms with Gasteiger partial charge in [0, 0.05) is 37.8 Å². The summed E-state index contributed by atoms with van der Waals surface area (Å²) in [6.45, 7) is 2.70. The van der Waals surface area contributed by atoms with Gasteiger partial charge in [0.25, 0.3) is 0 Å². The van der Waals surface area contributed by atoms with Crippen LogP contribution in [0.1, 0.15) is 6.42 Å². The highest BCUT2D eigenvalue weighted by Crippen LogP contribution is 2.24. The van der Waals surface area contributed by atoms with Gasteiger partial charge >= 0.3 is 0 Å². The molecule has 2 aliphatic rings. The highest BCUT2D eigenvalue weighted by Gasteiger charge is 2.34. The number of piperazine rings is 1. The number of nitrogens with zero attached hydrogens (tertiary/aromatic N) is 4. The normalized spacial score (nSPS) is 22.1. The first kappa shape index (κ1) is 20.2. The van der Waals surface area contributed by atoms with Crippen molar-refractivity contribution < 1.29 is 13.2 Å². The number of aromatic nitrogens is 2. The molecule has 2 fully saturated rings. The van der Waals surface area contributed by atoms with Gasteiger partial charge in [0.15, 0.2) is 15.0 Å². The van der Waals surface area contributed by atoms with Crippen molar-refractivity contribution in [3.63, 3.8) is 0 Å². The second-order valence-electron chi connectivity index (χ2n) is 7.44. The first-order chi connectivity index (χ1) is 13.9. The maximum atomic E-state index is 12.6. The Balaban J connectivity index is 1.28. The second kappa shape index (κ2) is 8.37. The van der Waals surface area contributed by atoms with E-state index in [1.165, 1.54) is 16.4 Å². The predicted octanol–water partition coefficient (Wildman–Crippen LogP) is 0.687. The zero-order valence-electron chi connectivity index (χ0n) is 16.1. The molecule has 0 bridgehead atoms. The van der Waals surface area contributed by atoms with Gasteiger partial charge in [-0.2, -0.15) is 0 Å². The fourth-order valence-corrected chi connectivity index (χ4v) is 6.41.